The number of amides is 1. The van der Waals surface area contributed by atoms with E-state index in [0.29, 0.717) is 0 Å². The molecule has 5 atom stereocenters. The summed E-state index contributed by atoms with van der Waals surface area (Å²) >= 11 is 0. The van der Waals surface area contributed by atoms with Crippen molar-refractivity contribution >= 4 is 11.9 Å². The molecule has 3 rings (SSSR count). The number of nitrogens with zero attached hydrogens (tertiary/aromatic N) is 1. The van der Waals surface area contributed by atoms with Crippen LogP contribution in [-0.4, -0.2) is 34.7 Å². The molecule has 1 saturated heterocycles. The van der Waals surface area contributed by atoms with Crippen molar-refractivity contribution in [3.63, 3.8) is 0 Å². The Morgan fingerprint density at radius 2 is 2.00 bits per heavy atom. The maximum Gasteiger partial charge on any atom is 0.331 e. The van der Waals surface area contributed by atoms with E-state index in [0.717, 1.165) is 5.57 Å². The number of β-lactam (4-membered cyclic amide) rings is 1. The van der Waals surface area contributed by atoms with Crippen LogP contribution in [0.25, 0.3) is 5.32 Å². The summed E-state index contributed by atoms with van der Waals surface area (Å²) in [7, 11) is 0. The summed E-state index contributed by atoms with van der Waals surface area (Å²) in [5.41, 5.74) is 0.0820. The first-order valence-electron chi connectivity index (χ1n) is 5.81. The van der Waals surface area contributed by atoms with Crippen LogP contribution in [0.1, 0.15) is 20.3 Å². The Morgan fingerprint density at radius 1 is 1.42 bits per heavy atom. The summed E-state index contributed by atoms with van der Waals surface area (Å²) in [6.07, 6.45) is 0.193. The third-order valence-corrected chi connectivity index (χ3v) is 4.49. The zero-order chi connectivity index (χ0) is 12.4. The maximum atomic E-state index is 11.3. The summed E-state index contributed by atoms with van der Waals surface area (Å²) in [5, 5.41) is 14.3. The molecule has 3 aliphatic rings. The monoisotopic (exact) mass is 509 g/mol. The SMILES string of the molecule is C[C@@H]1C2=CC(=O)O[C@H]2[C@@H](O)C2(CC(=O)[N-]2)[C@@H]1C.[W].[Y]. The Morgan fingerprint density at radius 3 is 2.53 bits per heavy atom. The minimum atomic E-state index is -0.899. The maximum absolute atomic E-state index is 11.3. The standard InChI is InChI=1S/C12H15NO4.W.Y/c1-5-6(2)12(4-8(14)13-12)11(16)10-7(5)3-9(15)17-10;;/h3,5-6,10-11,16H,4H2,1-2H3,(H,13,14);;/p-1/t5-,6+,10+,11+,12?;;/m0../s1. The van der Waals surface area contributed by atoms with Crippen LogP contribution in [0.15, 0.2) is 11.6 Å². The van der Waals surface area contributed by atoms with Gasteiger partial charge in [-0.2, -0.15) is 0 Å². The predicted octanol–water partition coefficient (Wildman–Crippen LogP) is 0.523. The molecular weight excluding hydrogens is 495 g/mol. The van der Waals surface area contributed by atoms with Crippen molar-refractivity contribution < 1.29 is 73.2 Å². The first-order valence-corrected chi connectivity index (χ1v) is 5.81. The number of hydrogen-bond donors (Lipinski definition) is 1. The van der Waals surface area contributed by atoms with Gasteiger partial charge in [0, 0.05) is 59.9 Å². The molecule has 1 amide bonds. The Hall–Kier alpha value is 0.432. The molecule has 2 heterocycles. The number of esters is 1. The fraction of sp³-hybridized carbons (Fsp3) is 0.667. The molecule has 5 nitrogen and oxygen atoms in total. The van der Waals surface area contributed by atoms with Crippen LogP contribution in [0.4, 0.5) is 0 Å². The Labute approximate surface area is 151 Å². The van der Waals surface area contributed by atoms with E-state index in [9.17, 15) is 14.7 Å². The van der Waals surface area contributed by atoms with Crippen molar-refractivity contribution in [2.45, 2.75) is 38.0 Å². The summed E-state index contributed by atoms with van der Waals surface area (Å²) in [4.78, 5) is 22.4. The molecule has 0 aromatic rings. The summed E-state index contributed by atoms with van der Waals surface area (Å²) < 4.78 is 5.11. The number of ether oxygens (including phenoxy) is 1. The molecule has 0 aromatic carbocycles. The van der Waals surface area contributed by atoms with Crippen LogP contribution in [-0.2, 0) is 68.1 Å². The zero-order valence-electron chi connectivity index (χ0n) is 10.7. The van der Waals surface area contributed by atoms with Gasteiger partial charge in [-0.25, -0.2) is 4.79 Å². The number of carbonyl (C=O) groups is 2. The van der Waals surface area contributed by atoms with Gasteiger partial charge in [0.05, 0.1) is 12.0 Å². The van der Waals surface area contributed by atoms with Crippen molar-refractivity contribution in [1.82, 2.24) is 0 Å². The molecule has 1 saturated carbocycles. The van der Waals surface area contributed by atoms with Crippen LogP contribution in [0, 0.1) is 11.8 Å². The van der Waals surface area contributed by atoms with E-state index in [1.54, 1.807) is 0 Å². The van der Waals surface area contributed by atoms with Crippen LogP contribution in [0.2, 0.25) is 0 Å². The van der Waals surface area contributed by atoms with Gasteiger partial charge in [-0.3, -0.25) is 0 Å². The van der Waals surface area contributed by atoms with E-state index < -0.39 is 23.7 Å². The van der Waals surface area contributed by atoms with Crippen molar-refractivity contribution in [2.75, 3.05) is 0 Å². The number of aliphatic hydroxyl groups excluding tert-OH is 1. The van der Waals surface area contributed by atoms with Gasteiger partial charge < -0.3 is 20.0 Å². The number of hydrogen-bond acceptors (Lipinski definition) is 4. The van der Waals surface area contributed by atoms with Crippen molar-refractivity contribution in [1.29, 1.82) is 0 Å². The second-order valence-corrected chi connectivity index (χ2v) is 5.20. The molecule has 7 heteroatoms. The van der Waals surface area contributed by atoms with Gasteiger partial charge in [0.15, 0.2) is 0 Å². The summed E-state index contributed by atoms with van der Waals surface area (Å²) in [6, 6.07) is 0. The molecule has 1 radical (unpaired) electrons. The molecule has 2 fully saturated rings. The normalized spacial score (nSPS) is 43.0. The van der Waals surface area contributed by atoms with Gasteiger partial charge in [-0.15, -0.1) is 0 Å². The van der Waals surface area contributed by atoms with Crippen molar-refractivity contribution in [3.05, 3.63) is 17.0 Å². The van der Waals surface area contributed by atoms with Gasteiger partial charge in [-0.05, 0) is 23.8 Å². The van der Waals surface area contributed by atoms with Gasteiger partial charge >= 0.3 is 5.97 Å². The number of carbonyl (C=O) groups excluding carboxylic acids is 2. The van der Waals surface area contributed by atoms with Crippen molar-refractivity contribution in [3.8, 4) is 0 Å². The molecule has 2 aliphatic heterocycles. The third-order valence-electron chi connectivity index (χ3n) is 4.49. The van der Waals surface area contributed by atoms with E-state index in [2.05, 4.69) is 5.32 Å². The van der Waals surface area contributed by atoms with Crippen LogP contribution in [0.3, 0.4) is 0 Å². The average Bonchev–Trinajstić information content (AvgIpc) is 2.62. The molecule has 1 aliphatic carbocycles. The molecule has 1 N–H and O–H groups in total. The summed E-state index contributed by atoms with van der Waals surface area (Å²) in [6.45, 7) is 3.95. The molecule has 19 heavy (non-hydrogen) atoms. The predicted molar refractivity (Wildman–Crippen MR) is 58.0 cm³/mol. The number of rotatable bonds is 0. The van der Waals surface area contributed by atoms with Crippen molar-refractivity contribution in [2.24, 2.45) is 11.8 Å². The number of fused-ring (bicyclic) bond motifs is 1. The largest absolute Gasteiger partial charge is 0.645 e. The van der Waals surface area contributed by atoms with Gasteiger partial charge in [0.2, 0.25) is 0 Å². The zero-order valence-corrected chi connectivity index (χ0v) is 16.5. The van der Waals surface area contributed by atoms with Crippen LogP contribution >= 0.6 is 0 Å². The van der Waals surface area contributed by atoms with E-state index in [1.165, 1.54) is 6.08 Å². The first kappa shape index (κ1) is 17.5. The first-order chi connectivity index (χ1) is 7.95. The van der Waals surface area contributed by atoms with Crippen LogP contribution in [0.5, 0.6) is 0 Å². The fourth-order valence-electron chi connectivity index (χ4n) is 3.23. The molecule has 0 aromatic heterocycles. The smallest absolute Gasteiger partial charge is 0.331 e. The Bertz CT molecular complexity index is 445. The topological polar surface area (TPSA) is 77.7 Å². The Balaban J connectivity index is 0.000000902. The fourth-order valence-corrected chi connectivity index (χ4v) is 3.23. The molecule has 1 spiro atoms. The molecule has 0 bridgehead atoms. The Kier molecular flexibility index (Phi) is 5.22. The summed E-state index contributed by atoms with van der Waals surface area (Å²) in [5.74, 6) is -0.468. The average molecular weight is 509 g/mol. The molecule has 101 valence electrons. The minimum Gasteiger partial charge on any atom is -0.645 e. The van der Waals surface area contributed by atoms with Gasteiger partial charge in [-0.1, -0.05) is 19.4 Å². The third kappa shape index (κ3) is 2.31. The van der Waals surface area contributed by atoms with E-state index in [4.69, 9.17) is 4.74 Å². The molecule has 1 unspecified atom stereocenters. The van der Waals surface area contributed by atoms with E-state index >= 15 is 0 Å². The second kappa shape index (κ2) is 5.67. The van der Waals surface area contributed by atoms with E-state index in [-0.39, 0.29) is 77.9 Å². The van der Waals surface area contributed by atoms with E-state index in [1.807, 2.05) is 13.8 Å². The van der Waals surface area contributed by atoms with Gasteiger partial charge in [0.25, 0.3) is 0 Å². The molecular formula is C12H14NO4WY-. The minimum absolute atomic E-state index is 0. The van der Waals surface area contributed by atoms with Crippen LogP contribution < -0.4 is 0 Å². The van der Waals surface area contributed by atoms with Gasteiger partial charge in [0.1, 0.15) is 6.10 Å². The quantitative estimate of drug-likeness (QED) is 0.382. The number of aliphatic hydroxyl groups is 1. The second-order valence-electron chi connectivity index (χ2n) is 5.20.